The van der Waals surface area contributed by atoms with Gasteiger partial charge in [-0.25, -0.2) is 14.2 Å². The molecule has 0 saturated carbocycles. The summed E-state index contributed by atoms with van der Waals surface area (Å²) in [5.41, 5.74) is 8.00. The van der Waals surface area contributed by atoms with Gasteiger partial charge >= 0.3 is 6.03 Å². The standard InChI is InChI=1S/C12H16FN3O3/c1-12(8-2-4-10(13)5-3-8)9(7-19-15-12)6-16(18)11(14)17/h2-5,9,15,18H,6-7H2,1H3,(H2,14,17). The highest BCUT2D eigenvalue weighted by Gasteiger charge is 2.42. The molecule has 0 aliphatic carbocycles. The molecule has 1 aromatic carbocycles. The first-order valence-electron chi connectivity index (χ1n) is 5.84. The quantitative estimate of drug-likeness (QED) is 0.563. The van der Waals surface area contributed by atoms with E-state index in [0.29, 0.717) is 11.7 Å². The Morgan fingerprint density at radius 2 is 2.26 bits per heavy atom. The van der Waals surface area contributed by atoms with Crippen LogP contribution in [0.2, 0.25) is 0 Å². The number of hydrogen-bond acceptors (Lipinski definition) is 4. The van der Waals surface area contributed by atoms with Gasteiger partial charge in [-0.2, -0.15) is 5.48 Å². The van der Waals surface area contributed by atoms with Gasteiger partial charge in [0.1, 0.15) is 5.82 Å². The maximum Gasteiger partial charge on any atom is 0.338 e. The Morgan fingerprint density at radius 3 is 2.84 bits per heavy atom. The first-order chi connectivity index (χ1) is 8.93. The van der Waals surface area contributed by atoms with Crippen molar-refractivity contribution in [1.82, 2.24) is 10.5 Å². The molecule has 1 aliphatic rings. The number of primary amides is 1. The molecule has 2 rings (SSSR count). The Balaban J connectivity index is 2.20. The van der Waals surface area contributed by atoms with Crippen molar-refractivity contribution >= 4 is 6.03 Å². The number of amides is 2. The first kappa shape index (κ1) is 13.7. The maximum absolute atomic E-state index is 13.0. The third-order valence-electron chi connectivity index (χ3n) is 3.48. The Morgan fingerprint density at radius 1 is 1.63 bits per heavy atom. The van der Waals surface area contributed by atoms with Crippen LogP contribution in [0.25, 0.3) is 0 Å². The lowest BCUT2D eigenvalue weighted by atomic mass is 9.81. The Bertz CT molecular complexity index is 468. The van der Waals surface area contributed by atoms with E-state index in [4.69, 9.17) is 10.6 Å². The van der Waals surface area contributed by atoms with Gasteiger partial charge in [-0.15, -0.1) is 0 Å². The molecule has 1 aliphatic heterocycles. The fourth-order valence-electron chi connectivity index (χ4n) is 2.17. The predicted molar refractivity (Wildman–Crippen MR) is 64.4 cm³/mol. The van der Waals surface area contributed by atoms with Gasteiger partial charge in [0.05, 0.1) is 18.7 Å². The van der Waals surface area contributed by atoms with Crippen LogP contribution in [0.4, 0.5) is 9.18 Å². The van der Waals surface area contributed by atoms with Crippen molar-refractivity contribution in [3.05, 3.63) is 35.6 Å². The van der Waals surface area contributed by atoms with Crippen molar-refractivity contribution in [1.29, 1.82) is 0 Å². The fourth-order valence-corrected chi connectivity index (χ4v) is 2.17. The zero-order chi connectivity index (χ0) is 14.0. The molecular formula is C12H16FN3O3. The van der Waals surface area contributed by atoms with Gasteiger partial charge in [0.15, 0.2) is 0 Å². The Hall–Kier alpha value is -1.70. The lowest BCUT2D eigenvalue weighted by molar-refractivity contribution is -0.0552. The summed E-state index contributed by atoms with van der Waals surface area (Å²) in [5, 5.41) is 9.87. The topological polar surface area (TPSA) is 87.8 Å². The molecule has 0 aromatic heterocycles. The smallest absolute Gasteiger partial charge is 0.338 e. The summed E-state index contributed by atoms with van der Waals surface area (Å²) in [6.07, 6.45) is 0. The molecule has 0 bridgehead atoms. The van der Waals surface area contributed by atoms with Gasteiger partial charge in [0, 0.05) is 5.92 Å². The van der Waals surface area contributed by atoms with E-state index in [1.807, 2.05) is 6.92 Å². The first-order valence-corrected chi connectivity index (χ1v) is 5.84. The maximum atomic E-state index is 13.0. The molecule has 7 heteroatoms. The summed E-state index contributed by atoms with van der Waals surface area (Å²) in [6, 6.07) is 5.05. The number of rotatable bonds is 3. The second-order valence-electron chi connectivity index (χ2n) is 4.74. The molecule has 2 atom stereocenters. The summed E-state index contributed by atoms with van der Waals surface area (Å²) in [4.78, 5) is 16.1. The monoisotopic (exact) mass is 269 g/mol. The summed E-state index contributed by atoms with van der Waals surface area (Å²) in [5.74, 6) is -0.542. The van der Waals surface area contributed by atoms with E-state index in [2.05, 4.69) is 5.48 Å². The van der Waals surface area contributed by atoms with Crippen LogP contribution in [0.5, 0.6) is 0 Å². The second kappa shape index (κ2) is 5.12. The van der Waals surface area contributed by atoms with Crippen LogP contribution in [0, 0.1) is 11.7 Å². The average molecular weight is 269 g/mol. The number of nitrogens with zero attached hydrogens (tertiary/aromatic N) is 1. The molecule has 19 heavy (non-hydrogen) atoms. The molecule has 1 aromatic rings. The van der Waals surface area contributed by atoms with E-state index in [-0.39, 0.29) is 18.3 Å². The number of hydrogen-bond donors (Lipinski definition) is 3. The highest BCUT2D eigenvalue weighted by molar-refractivity contribution is 5.70. The molecule has 1 fully saturated rings. The number of benzene rings is 1. The molecule has 1 heterocycles. The molecule has 104 valence electrons. The molecule has 6 nitrogen and oxygen atoms in total. The third kappa shape index (κ3) is 2.67. The largest absolute Gasteiger partial charge is 0.350 e. The van der Waals surface area contributed by atoms with Crippen LogP contribution < -0.4 is 11.2 Å². The van der Waals surface area contributed by atoms with Crippen molar-refractivity contribution in [2.24, 2.45) is 11.7 Å². The second-order valence-corrected chi connectivity index (χ2v) is 4.74. The van der Waals surface area contributed by atoms with E-state index >= 15 is 0 Å². The minimum atomic E-state index is -0.923. The predicted octanol–water partition coefficient (Wildman–Crippen LogP) is 0.962. The van der Waals surface area contributed by atoms with Crippen molar-refractivity contribution in [2.75, 3.05) is 13.2 Å². The highest BCUT2D eigenvalue weighted by atomic mass is 19.1. The van der Waals surface area contributed by atoms with Gasteiger partial charge < -0.3 is 10.6 Å². The van der Waals surface area contributed by atoms with Crippen LogP contribution in [0.1, 0.15) is 12.5 Å². The molecule has 0 spiro atoms. The zero-order valence-corrected chi connectivity index (χ0v) is 10.5. The van der Waals surface area contributed by atoms with Gasteiger partial charge in [-0.1, -0.05) is 12.1 Å². The van der Waals surface area contributed by atoms with Crippen molar-refractivity contribution in [3.63, 3.8) is 0 Å². The van der Waals surface area contributed by atoms with Crippen LogP contribution in [-0.4, -0.2) is 29.5 Å². The molecule has 2 unspecified atom stereocenters. The van der Waals surface area contributed by atoms with Gasteiger partial charge in [0.25, 0.3) is 0 Å². The number of carbonyl (C=O) groups excluding carboxylic acids is 1. The van der Waals surface area contributed by atoms with E-state index < -0.39 is 11.6 Å². The number of urea groups is 1. The SMILES string of the molecule is CC1(c2ccc(F)cc2)NOCC1CN(O)C(N)=O. The van der Waals surface area contributed by atoms with Gasteiger partial charge in [-0.3, -0.25) is 5.21 Å². The van der Waals surface area contributed by atoms with Gasteiger partial charge in [0.2, 0.25) is 0 Å². The van der Waals surface area contributed by atoms with Crippen molar-refractivity contribution < 1.29 is 19.2 Å². The average Bonchev–Trinajstić information content (AvgIpc) is 2.72. The molecule has 2 amide bonds. The Labute approximate surface area is 109 Å². The van der Waals surface area contributed by atoms with Crippen LogP contribution in [-0.2, 0) is 10.4 Å². The third-order valence-corrected chi connectivity index (χ3v) is 3.48. The number of nitrogens with one attached hydrogen (secondary N) is 1. The normalized spacial score (nSPS) is 26.4. The van der Waals surface area contributed by atoms with Crippen LogP contribution in [0.3, 0.4) is 0 Å². The molecule has 4 N–H and O–H groups in total. The van der Waals surface area contributed by atoms with E-state index in [1.54, 1.807) is 12.1 Å². The number of halogens is 1. The lowest BCUT2D eigenvalue weighted by Gasteiger charge is -2.31. The summed E-state index contributed by atoms with van der Waals surface area (Å²) < 4.78 is 13.0. The van der Waals surface area contributed by atoms with Gasteiger partial charge in [-0.05, 0) is 24.6 Å². The van der Waals surface area contributed by atoms with E-state index in [1.165, 1.54) is 12.1 Å². The lowest BCUT2D eigenvalue weighted by Crippen LogP contribution is -2.45. The summed E-state index contributed by atoms with van der Waals surface area (Å²) in [7, 11) is 0. The number of carbonyl (C=O) groups is 1. The number of nitrogens with two attached hydrogens (primary N) is 1. The molecule has 1 saturated heterocycles. The van der Waals surface area contributed by atoms with Crippen molar-refractivity contribution in [3.8, 4) is 0 Å². The van der Waals surface area contributed by atoms with Crippen molar-refractivity contribution in [2.45, 2.75) is 12.5 Å². The molecular weight excluding hydrogens is 253 g/mol. The van der Waals surface area contributed by atoms with E-state index in [9.17, 15) is 14.4 Å². The number of hydroxylamine groups is 3. The summed E-state index contributed by atoms with van der Waals surface area (Å²) in [6.45, 7) is 2.18. The highest BCUT2D eigenvalue weighted by Crippen LogP contribution is 2.34. The minimum absolute atomic E-state index is 0.0240. The Kier molecular flexibility index (Phi) is 3.70. The van der Waals surface area contributed by atoms with E-state index in [0.717, 1.165) is 5.56 Å². The van der Waals surface area contributed by atoms with Crippen LogP contribution in [0.15, 0.2) is 24.3 Å². The molecule has 0 radical (unpaired) electrons. The fraction of sp³-hybridized carbons (Fsp3) is 0.417. The zero-order valence-electron chi connectivity index (χ0n) is 10.5. The van der Waals surface area contributed by atoms with Crippen LogP contribution >= 0.6 is 0 Å². The minimum Gasteiger partial charge on any atom is -0.350 e. The summed E-state index contributed by atoms with van der Waals surface area (Å²) >= 11 is 0.